The van der Waals surface area contributed by atoms with Crippen LogP contribution in [0.1, 0.15) is 11.3 Å². The summed E-state index contributed by atoms with van der Waals surface area (Å²) in [6, 6.07) is 9.36. The Morgan fingerprint density at radius 2 is 1.90 bits per heavy atom. The Kier molecular flexibility index (Phi) is 5.83. The van der Waals surface area contributed by atoms with E-state index in [0.717, 1.165) is 16.8 Å². The normalized spacial score (nSPS) is 24.9. The van der Waals surface area contributed by atoms with Gasteiger partial charge in [-0.2, -0.15) is 23.3 Å². The van der Waals surface area contributed by atoms with E-state index in [9.17, 15) is 18.3 Å². The van der Waals surface area contributed by atoms with Crippen molar-refractivity contribution in [2.45, 2.75) is 43.7 Å². The minimum Gasteiger partial charge on any atom is -0.456 e. The van der Waals surface area contributed by atoms with Crippen molar-refractivity contribution >= 4 is 22.8 Å². The topological polar surface area (TPSA) is 111 Å². The molecule has 204 valence electrons. The van der Waals surface area contributed by atoms with Gasteiger partial charge >= 0.3 is 6.18 Å². The number of aliphatic hydroxyl groups is 1. The van der Waals surface area contributed by atoms with E-state index in [0.29, 0.717) is 27.6 Å². The first kappa shape index (κ1) is 24.8. The van der Waals surface area contributed by atoms with Gasteiger partial charge in [0.15, 0.2) is 11.8 Å². The second-order valence-corrected chi connectivity index (χ2v) is 10.3. The summed E-state index contributed by atoms with van der Waals surface area (Å²) >= 11 is 6.55. The maximum atomic E-state index is 12.7. The van der Waals surface area contributed by atoms with Gasteiger partial charge in [-0.3, -0.25) is 4.90 Å². The van der Waals surface area contributed by atoms with Crippen LogP contribution >= 0.6 is 11.6 Å². The molecule has 0 saturated carbocycles. The molecule has 0 unspecified atom stereocenters. The highest BCUT2D eigenvalue weighted by Gasteiger charge is 2.48. The molecule has 6 heterocycles. The fourth-order valence-corrected chi connectivity index (χ4v) is 5.59. The van der Waals surface area contributed by atoms with Gasteiger partial charge in [-0.15, -0.1) is 0 Å². The zero-order valence-corrected chi connectivity index (χ0v) is 21.0. The molecule has 3 aliphatic heterocycles. The molecule has 1 aromatic carbocycles. The van der Waals surface area contributed by atoms with Gasteiger partial charge in [0.25, 0.3) is 6.01 Å². The third-order valence-electron chi connectivity index (χ3n) is 7.10. The number of benzene rings is 1. The van der Waals surface area contributed by atoms with Crippen LogP contribution in [0.3, 0.4) is 0 Å². The first-order valence-electron chi connectivity index (χ1n) is 12.3. The van der Waals surface area contributed by atoms with E-state index in [1.54, 1.807) is 16.9 Å². The third-order valence-corrected chi connectivity index (χ3v) is 7.39. The molecule has 0 bridgehead atoms. The first-order valence-corrected chi connectivity index (χ1v) is 12.7. The molecular weight excluding hydrogens is 541 g/mol. The summed E-state index contributed by atoms with van der Waals surface area (Å²) in [6.07, 6.45) is -4.33. The summed E-state index contributed by atoms with van der Waals surface area (Å²) in [5.41, 5.74) is 4.50. The Morgan fingerprint density at radius 3 is 2.67 bits per heavy atom. The Bertz CT molecular complexity index is 1520. The third kappa shape index (κ3) is 4.63. The number of hydrogen-bond acceptors (Lipinski definition) is 8. The lowest BCUT2D eigenvalue weighted by Gasteiger charge is -2.17. The van der Waals surface area contributed by atoms with Crippen molar-refractivity contribution < 1.29 is 32.5 Å². The average Bonchev–Trinajstić information content (AvgIpc) is 3.67. The molecule has 2 saturated heterocycles. The highest BCUT2D eigenvalue weighted by molar-refractivity contribution is 6.33. The van der Waals surface area contributed by atoms with Gasteiger partial charge in [0.05, 0.1) is 47.4 Å². The lowest BCUT2D eigenvalue weighted by atomic mass is 10.1. The molecule has 0 aliphatic carbocycles. The molecule has 39 heavy (non-hydrogen) atoms. The van der Waals surface area contributed by atoms with E-state index >= 15 is 0 Å². The Hall–Kier alpha value is -3.23. The van der Waals surface area contributed by atoms with Crippen LogP contribution in [0.4, 0.5) is 13.2 Å². The highest BCUT2D eigenvalue weighted by Crippen LogP contribution is 2.33. The fraction of sp³-hybridized carbons (Fsp3) is 0.400. The fourth-order valence-electron chi connectivity index (χ4n) is 5.33. The number of nitrogens with one attached hydrogen (secondary N) is 1. The van der Waals surface area contributed by atoms with Crippen LogP contribution in [0.2, 0.25) is 5.02 Å². The number of fused-ring (bicyclic) bond motifs is 3. The number of nitrogens with zero attached hydrogens (tertiary/aromatic N) is 5. The quantitative estimate of drug-likeness (QED) is 0.381. The predicted octanol–water partition coefficient (Wildman–Crippen LogP) is 3.25. The van der Waals surface area contributed by atoms with Crippen molar-refractivity contribution in [1.82, 2.24) is 29.6 Å². The van der Waals surface area contributed by atoms with E-state index in [4.69, 9.17) is 25.8 Å². The standard InChI is InChI=1S/C25H22ClF3N6O4/c26-15-5-16-23(32-24(30-16)39-19-10-38-21-18(36)9-37-22(19)21)31-20(15)12-1-3-14(4-2-12)35-7-13-6-34(8-17(13)33-35)11-25(27,28)29/h1-5,7,18-19,21-22,36H,6,8-11H2,(H,30,31,32)/t18-,19-,21-,22-/m1/s1. The zero-order chi connectivity index (χ0) is 26.9. The van der Waals surface area contributed by atoms with Crippen LogP contribution < -0.4 is 4.74 Å². The van der Waals surface area contributed by atoms with Gasteiger partial charge in [-0.1, -0.05) is 23.7 Å². The van der Waals surface area contributed by atoms with E-state index < -0.39 is 31.0 Å². The number of rotatable bonds is 5. The Balaban J connectivity index is 1.07. The molecule has 4 atom stereocenters. The molecule has 0 radical (unpaired) electrons. The van der Waals surface area contributed by atoms with Crippen molar-refractivity contribution in [3.05, 3.63) is 52.8 Å². The molecule has 4 aromatic rings. The minimum atomic E-state index is -4.23. The number of imidazole rings is 1. The lowest BCUT2D eigenvalue weighted by Crippen LogP contribution is -2.34. The maximum absolute atomic E-state index is 12.7. The average molecular weight is 563 g/mol. The smallest absolute Gasteiger partial charge is 0.401 e. The molecule has 10 nitrogen and oxygen atoms in total. The number of aromatic nitrogens is 5. The number of alkyl halides is 3. The van der Waals surface area contributed by atoms with Crippen molar-refractivity contribution in [1.29, 1.82) is 0 Å². The van der Waals surface area contributed by atoms with Crippen LogP contribution in [-0.2, 0) is 22.6 Å². The molecule has 7 rings (SSSR count). The minimum absolute atomic E-state index is 0.165. The van der Waals surface area contributed by atoms with Crippen LogP contribution in [0, 0.1) is 0 Å². The van der Waals surface area contributed by atoms with E-state index in [2.05, 4.69) is 20.1 Å². The molecular formula is C25H22ClF3N6O4. The van der Waals surface area contributed by atoms with Gasteiger partial charge in [-0.05, 0) is 18.2 Å². The summed E-state index contributed by atoms with van der Waals surface area (Å²) in [7, 11) is 0. The van der Waals surface area contributed by atoms with Crippen LogP contribution in [0.15, 0.2) is 36.5 Å². The van der Waals surface area contributed by atoms with Gasteiger partial charge in [0.1, 0.15) is 18.3 Å². The number of aromatic amines is 1. The lowest BCUT2D eigenvalue weighted by molar-refractivity contribution is -0.147. The van der Waals surface area contributed by atoms with E-state index in [-0.39, 0.29) is 38.4 Å². The van der Waals surface area contributed by atoms with Gasteiger partial charge < -0.3 is 24.3 Å². The van der Waals surface area contributed by atoms with Crippen molar-refractivity contribution in [3.63, 3.8) is 0 Å². The number of aliphatic hydroxyl groups excluding tert-OH is 1. The molecule has 0 spiro atoms. The van der Waals surface area contributed by atoms with Crippen molar-refractivity contribution in [2.75, 3.05) is 19.8 Å². The number of H-pyrrole nitrogens is 1. The van der Waals surface area contributed by atoms with E-state index in [1.807, 2.05) is 24.3 Å². The molecule has 2 fully saturated rings. The molecule has 14 heteroatoms. The predicted molar refractivity (Wildman–Crippen MR) is 132 cm³/mol. The van der Waals surface area contributed by atoms with Gasteiger partial charge in [0, 0.05) is 30.4 Å². The number of pyridine rings is 1. The van der Waals surface area contributed by atoms with Gasteiger partial charge in [-0.25, -0.2) is 9.67 Å². The number of ether oxygens (including phenoxy) is 3. The Morgan fingerprint density at radius 1 is 1.10 bits per heavy atom. The summed E-state index contributed by atoms with van der Waals surface area (Å²) in [5, 5.41) is 14.8. The molecule has 2 N–H and O–H groups in total. The van der Waals surface area contributed by atoms with Crippen molar-refractivity contribution in [2.24, 2.45) is 0 Å². The number of hydrogen-bond donors (Lipinski definition) is 2. The van der Waals surface area contributed by atoms with Crippen LogP contribution in [0.25, 0.3) is 28.1 Å². The SMILES string of the molecule is O[C@@H]1CO[C@H]2[C@@H]1OC[C@H]2Oc1nc2nc(-c3ccc(-n4cc5c(n4)CN(CC(F)(F)F)C5)cc3)c(Cl)cc2[nH]1. The summed E-state index contributed by atoms with van der Waals surface area (Å²) in [5.74, 6) is 0. The van der Waals surface area contributed by atoms with Gasteiger partial charge in [0.2, 0.25) is 0 Å². The van der Waals surface area contributed by atoms with Crippen molar-refractivity contribution in [3.8, 4) is 23.0 Å². The highest BCUT2D eigenvalue weighted by atomic mass is 35.5. The molecule has 3 aromatic heterocycles. The zero-order valence-electron chi connectivity index (χ0n) is 20.2. The summed E-state index contributed by atoms with van der Waals surface area (Å²) in [6.45, 7) is -0.0862. The Labute approximate surface area is 224 Å². The maximum Gasteiger partial charge on any atom is 0.401 e. The first-order chi connectivity index (χ1) is 18.7. The molecule has 0 amide bonds. The number of halogens is 4. The second-order valence-electron chi connectivity index (χ2n) is 9.90. The van der Waals surface area contributed by atoms with Crippen LogP contribution in [-0.4, -0.2) is 85.1 Å². The summed E-state index contributed by atoms with van der Waals surface area (Å²) in [4.78, 5) is 13.5. The molecule has 3 aliphatic rings. The van der Waals surface area contributed by atoms with Crippen LogP contribution in [0.5, 0.6) is 6.01 Å². The van der Waals surface area contributed by atoms with E-state index in [1.165, 1.54) is 4.90 Å². The monoisotopic (exact) mass is 562 g/mol. The second kappa shape index (κ2) is 9.17. The largest absolute Gasteiger partial charge is 0.456 e. The summed E-state index contributed by atoms with van der Waals surface area (Å²) < 4.78 is 56.9.